The third kappa shape index (κ3) is 2.67. The van der Waals surface area contributed by atoms with Gasteiger partial charge in [-0.2, -0.15) is 4.31 Å². The number of rotatable bonds is 3. The minimum absolute atomic E-state index is 0.0591. The van der Waals surface area contributed by atoms with Gasteiger partial charge in [0.05, 0.1) is 18.1 Å². The first-order valence-electron chi connectivity index (χ1n) is 7.60. The zero-order valence-corrected chi connectivity index (χ0v) is 13.2. The molecule has 1 unspecified atom stereocenters. The number of hydrogen-bond acceptors (Lipinski definition) is 4. The molecule has 21 heavy (non-hydrogen) atoms. The molecule has 1 saturated heterocycles. The van der Waals surface area contributed by atoms with Crippen molar-refractivity contribution in [3.05, 3.63) is 23.8 Å². The van der Waals surface area contributed by atoms with E-state index in [1.165, 1.54) is 0 Å². The molecule has 2 aliphatic rings. The van der Waals surface area contributed by atoms with E-state index in [0.29, 0.717) is 24.7 Å². The van der Waals surface area contributed by atoms with Crippen LogP contribution >= 0.6 is 0 Å². The van der Waals surface area contributed by atoms with E-state index in [2.05, 4.69) is 5.32 Å². The summed E-state index contributed by atoms with van der Waals surface area (Å²) in [5.41, 5.74) is 1.90. The smallest absolute Gasteiger partial charge is 0.243 e. The summed E-state index contributed by atoms with van der Waals surface area (Å²) in [6.07, 6.45) is 2.56. The number of nitrogens with zero attached hydrogens (tertiary/aromatic N) is 1. The van der Waals surface area contributed by atoms with Gasteiger partial charge in [-0.1, -0.05) is 13.0 Å². The molecule has 0 spiro atoms. The molecule has 3 rings (SSSR count). The minimum Gasteiger partial charge on any atom is -0.385 e. The highest BCUT2D eigenvalue weighted by atomic mass is 32.2. The lowest BCUT2D eigenvalue weighted by Gasteiger charge is -2.35. The molecule has 1 aromatic carbocycles. The van der Waals surface area contributed by atoms with Crippen LogP contribution < -0.4 is 5.32 Å². The van der Waals surface area contributed by atoms with Crippen molar-refractivity contribution in [1.82, 2.24) is 4.31 Å². The SMILES string of the molecule is CCC1COCCN1S(=O)(=O)c1cccc2c1CCCN2. The van der Waals surface area contributed by atoms with Gasteiger partial charge in [0.25, 0.3) is 0 Å². The Labute approximate surface area is 126 Å². The van der Waals surface area contributed by atoms with Gasteiger partial charge in [-0.05, 0) is 37.0 Å². The molecule has 2 aliphatic heterocycles. The fourth-order valence-corrected chi connectivity index (χ4v) is 5.07. The zero-order chi connectivity index (χ0) is 14.9. The molecule has 1 fully saturated rings. The van der Waals surface area contributed by atoms with E-state index >= 15 is 0 Å². The largest absolute Gasteiger partial charge is 0.385 e. The summed E-state index contributed by atoms with van der Waals surface area (Å²) in [5.74, 6) is 0. The molecule has 0 saturated carbocycles. The highest BCUT2D eigenvalue weighted by molar-refractivity contribution is 7.89. The Hall–Kier alpha value is -1.11. The number of sulfonamides is 1. The van der Waals surface area contributed by atoms with Crippen molar-refractivity contribution in [2.75, 3.05) is 31.6 Å². The van der Waals surface area contributed by atoms with Gasteiger partial charge in [-0.15, -0.1) is 0 Å². The second-order valence-corrected chi connectivity index (χ2v) is 7.42. The molecule has 0 radical (unpaired) electrons. The molecule has 5 nitrogen and oxygen atoms in total. The Balaban J connectivity index is 2.02. The van der Waals surface area contributed by atoms with Crippen LogP contribution in [0.2, 0.25) is 0 Å². The summed E-state index contributed by atoms with van der Waals surface area (Å²) in [4.78, 5) is 0.465. The third-order valence-corrected chi connectivity index (χ3v) is 6.32. The molecule has 1 atom stereocenters. The molecular formula is C15H22N2O3S. The van der Waals surface area contributed by atoms with Crippen LogP contribution in [0.15, 0.2) is 23.1 Å². The number of fused-ring (bicyclic) bond motifs is 1. The molecule has 0 bridgehead atoms. The number of benzene rings is 1. The maximum absolute atomic E-state index is 13.1. The summed E-state index contributed by atoms with van der Waals surface area (Å²) in [6, 6.07) is 5.47. The Morgan fingerprint density at radius 3 is 3.10 bits per heavy atom. The van der Waals surface area contributed by atoms with E-state index in [1.807, 2.05) is 19.1 Å². The third-order valence-electron chi connectivity index (χ3n) is 4.28. The molecular weight excluding hydrogens is 288 g/mol. The molecule has 0 aromatic heterocycles. The predicted octanol–water partition coefficient (Wildman–Crippen LogP) is 1.84. The van der Waals surface area contributed by atoms with E-state index in [0.717, 1.165) is 37.1 Å². The van der Waals surface area contributed by atoms with E-state index < -0.39 is 10.0 Å². The molecule has 0 aliphatic carbocycles. The first-order chi connectivity index (χ1) is 10.1. The van der Waals surface area contributed by atoms with Gasteiger partial charge < -0.3 is 10.1 Å². The monoisotopic (exact) mass is 310 g/mol. The van der Waals surface area contributed by atoms with Crippen LogP contribution in [-0.2, 0) is 21.2 Å². The normalized spacial score (nSPS) is 23.4. The fraction of sp³-hybridized carbons (Fsp3) is 0.600. The van der Waals surface area contributed by atoms with Gasteiger partial charge in [0.15, 0.2) is 0 Å². The number of ether oxygens (including phenoxy) is 1. The first-order valence-corrected chi connectivity index (χ1v) is 9.04. The van der Waals surface area contributed by atoms with Crippen molar-refractivity contribution in [3.8, 4) is 0 Å². The number of morpholine rings is 1. The Morgan fingerprint density at radius 1 is 1.43 bits per heavy atom. The Kier molecular flexibility index (Phi) is 4.19. The van der Waals surface area contributed by atoms with Gasteiger partial charge in [-0.3, -0.25) is 0 Å². The molecule has 116 valence electrons. The number of nitrogens with one attached hydrogen (secondary N) is 1. The number of hydrogen-bond donors (Lipinski definition) is 1. The van der Waals surface area contributed by atoms with E-state index in [4.69, 9.17) is 4.74 Å². The Bertz CT molecular complexity index is 615. The van der Waals surface area contributed by atoms with Crippen LogP contribution in [0.4, 0.5) is 5.69 Å². The second-order valence-electron chi connectivity index (χ2n) is 5.57. The van der Waals surface area contributed by atoms with Gasteiger partial charge >= 0.3 is 0 Å². The Morgan fingerprint density at radius 2 is 2.29 bits per heavy atom. The van der Waals surface area contributed by atoms with Crippen LogP contribution in [0, 0.1) is 0 Å². The highest BCUT2D eigenvalue weighted by Gasteiger charge is 2.35. The summed E-state index contributed by atoms with van der Waals surface area (Å²) in [6.45, 7) is 4.32. The second kappa shape index (κ2) is 5.94. The van der Waals surface area contributed by atoms with Crippen LogP contribution in [0.25, 0.3) is 0 Å². The average Bonchev–Trinajstić information content (AvgIpc) is 2.54. The maximum atomic E-state index is 13.1. The number of anilines is 1. The van der Waals surface area contributed by atoms with Crippen LogP contribution in [0.5, 0.6) is 0 Å². The van der Waals surface area contributed by atoms with Crippen molar-refractivity contribution in [2.24, 2.45) is 0 Å². The summed E-state index contributed by atoms with van der Waals surface area (Å²) in [5, 5.41) is 3.30. The van der Waals surface area contributed by atoms with E-state index in [9.17, 15) is 8.42 Å². The molecule has 1 aromatic rings. The van der Waals surface area contributed by atoms with Crippen molar-refractivity contribution in [3.63, 3.8) is 0 Å². The zero-order valence-electron chi connectivity index (χ0n) is 12.3. The fourth-order valence-electron chi connectivity index (χ4n) is 3.12. The molecule has 2 heterocycles. The van der Waals surface area contributed by atoms with Gasteiger partial charge in [-0.25, -0.2) is 8.42 Å². The van der Waals surface area contributed by atoms with Crippen LogP contribution in [0.1, 0.15) is 25.3 Å². The van der Waals surface area contributed by atoms with E-state index in [1.54, 1.807) is 10.4 Å². The van der Waals surface area contributed by atoms with E-state index in [-0.39, 0.29) is 6.04 Å². The van der Waals surface area contributed by atoms with Crippen molar-refractivity contribution < 1.29 is 13.2 Å². The standard InChI is InChI=1S/C15H22N2O3S/c1-2-12-11-20-10-9-17(12)21(18,19)15-7-3-6-14-13(15)5-4-8-16-14/h3,6-7,12,16H,2,4-5,8-11H2,1H3. The summed E-state index contributed by atoms with van der Waals surface area (Å²) in [7, 11) is -3.45. The summed E-state index contributed by atoms with van der Waals surface area (Å²) < 4.78 is 33.2. The summed E-state index contributed by atoms with van der Waals surface area (Å²) >= 11 is 0. The highest BCUT2D eigenvalue weighted by Crippen LogP contribution is 2.31. The molecule has 6 heteroatoms. The lowest BCUT2D eigenvalue weighted by Crippen LogP contribution is -2.48. The molecule has 1 N–H and O–H groups in total. The molecule has 0 amide bonds. The van der Waals surface area contributed by atoms with Crippen molar-refractivity contribution in [1.29, 1.82) is 0 Å². The topological polar surface area (TPSA) is 58.6 Å². The average molecular weight is 310 g/mol. The van der Waals surface area contributed by atoms with Gasteiger partial charge in [0.1, 0.15) is 0 Å². The van der Waals surface area contributed by atoms with Crippen molar-refractivity contribution in [2.45, 2.75) is 37.1 Å². The van der Waals surface area contributed by atoms with Crippen molar-refractivity contribution >= 4 is 15.7 Å². The predicted molar refractivity (Wildman–Crippen MR) is 82.0 cm³/mol. The van der Waals surface area contributed by atoms with Crippen LogP contribution in [0.3, 0.4) is 0 Å². The lowest BCUT2D eigenvalue weighted by atomic mass is 10.0. The quantitative estimate of drug-likeness (QED) is 0.925. The maximum Gasteiger partial charge on any atom is 0.243 e. The van der Waals surface area contributed by atoms with Gasteiger partial charge in [0, 0.05) is 24.8 Å². The van der Waals surface area contributed by atoms with Gasteiger partial charge in [0.2, 0.25) is 10.0 Å². The first kappa shape index (κ1) is 14.8. The minimum atomic E-state index is -3.45. The lowest BCUT2D eigenvalue weighted by molar-refractivity contribution is 0.0314. The van der Waals surface area contributed by atoms with Crippen LogP contribution in [-0.4, -0.2) is 45.1 Å².